The normalized spacial score (nSPS) is 9.42. The predicted octanol–water partition coefficient (Wildman–Crippen LogP) is 0.163. The number of hydrogen-bond acceptors (Lipinski definition) is 2. The van der Waals surface area contributed by atoms with Gasteiger partial charge >= 0.3 is 0 Å². The minimum atomic E-state index is 0.0973. The van der Waals surface area contributed by atoms with Crippen LogP contribution in [0.25, 0.3) is 0 Å². The third-order valence-electron chi connectivity index (χ3n) is 1.53. The molecule has 0 aliphatic heterocycles. The molecule has 0 aliphatic carbocycles. The van der Waals surface area contributed by atoms with Gasteiger partial charge in [-0.1, -0.05) is 6.07 Å². The smallest absolute Gasteiger partial charge is 0.186 e. The van der Waals surface area contributed by atoms with Gasteiger partial charge in [-0.25, -0.2) is 4.99 Å². The van der Waals surface area contributed by atoms with Crippen LogP contribution >= 0.6 is 0 Å². The molecule has 4 N–H and O–H groups in total. The van der Waals surface area contributed by atoms with Crippen molar-refractivity contribution < 1.29 is 0 Å². The number of pyridine rings is 1. The summed E-state index contributed by atoms with van der Waals surface area (Å²) >= 11 is 0. The summed E-state index contributed by atoms with van der Waals surface area (Å²) in [5.41, 5.74) is 12.4. The lowest BCUT2D eigenvalue weighted by Gasteiger charge is -1.99. The van der Waals surface area contributed by atoms with Crippen LogP contribution in [-0.4, -0.2) is 10.9 Å². The van der Waals surface area contributed by atoms with Gasteiger partial charge in [-0.05, 0) is 18.6 Å². The highest BCUT2D eigenvalue weighted by molar-refractivity contribution is 5.75. The molecule has 0 saturated carbocycles. The largest absolute Gasteiger partial charge is 0.370 e. The summed E-state index contributed by atoms with van der Waals surface area (Å²) in [7, 11) is 0. The second-order valence-corrected chi connectivity index (χ2v) is 2.51. The minimum Gasteiger partial charge on any atom is -0.370 e. The van der Waals surface area contributed by atoms with Gasteiger partial charge in [0, 0.05) is 6.20 Å². The molecule has 0 amide bonds. The van der Waals surface area contributed by atoms with E-state index in [9.17, 15) is 0 Å². The van der Waals surface area contributed by atoms with Gasteiger partial charge in [-0.15, -0.1) is 0 Å². The summed E-state index contributed by atoms with van der Waals surface area (Å²) < 4.78 is 0. The van der Waals surface area contributed by atoms with Crippen molar-refractivity contribution in [1.29, 1.82) is 0 Å². The fraction of sp³-hybridized carbons (Fsp3) is 0.250. The van der Waals surface area contributed by atoms with E-state index in [4.69, 9.17) is 11.5 Å². The van der Waals surface area contributed by atoms with Gasteiger partial charge in [0.2, 0.25) is 0 Å². The van der Waals surface area contributed by atoms with E-state index in [1.807, 2.05) is 19.1 Å². The lowest BCUT2D eigenvalue weighted by molar-refractivity contribution is 0.962. The van der Waals surface area contributed by atoms with E-state index in [1.165, 1.54) is 0 Å². The molecule has 0 aromatic carbocycles. The van der Waals surface area contributed by atoms with Gasteiger partial charge in [0.25, 0.3) is 0 Å². The van der Waals surface area contributed by atoms with Crippen molar-refractivity contribution >= 4 is 5.96 Å². The third kappa shape index (κ3) is 2.23. The number of guanidine groups is 1. The third-order valence-corrected chi connectivity index (χ3v) is 1.53. The summed E-state index contributed by atoms with van der Waals surface area (Å²) in [5.74, 6) is 0.0973. The molecule has 1 heterocycles. The van der Waals surface area contributed by atoms with E-state index in [0.29, 0.717) is 6.54 Å². The maximum atomic E-state index is 5.19. The van der Waals surface area contributed by atoms with Crippen molar-refractivity contribution in [2.24, 2.45) is 16.5 Å². The van der Waals surface area contributed by atoms with Gasteiger partial charge in [-0.3, -0.25) is 4.98 Å². The molecule has 64 valence electrons. The van der Waals surface area contributed by atoms with Crippen LogP contribution in [0.3, 0.4) is 0 Å². The van der Waals surface area contributed by atoms with Crippen molar-refractivity contribution in [3.63, 3.8) is 0 Å². The molecule has 0 radical (unpaired) electrons. The zero-order valence-corrected chi connectivity index (χ0v) is 6.99. The van der Waals surface area contributed by atoms with Gasteiger partial charge < -0.3 is 11.5 Å². The van der Waals surface area contributed by atoms with E-state index in [0.717, 1.165) is 11.3 Å². The number of aryl methyl sites for hydroxylation is 1. The fourth-order valence-electron chi connectivity index (χ4n) is 0.850. The zero-order chi connectivity index (χ0) is 8.97. The quantitative estimate of drug-likeness (QED) is 0.483. The van der Waals surface area contributed by atoms with E-state index in [-0.39, 0.29) is 5.96 Å². The second-order valence-electron chi connectivity index (χ2n) is 2.51. The van der Waals surface area contributed by atoms with E-state index in [1.54, 1.807) is 6.20 Å². The lowest BCUT2D eigenvalue weighted by Crippen LogP contribution is -2.22. The Morgan fingerprint density at radius 3 is 2.92 bits per heavy atom. The molecule has 0 fully saturated rings. The maximum Gasteiger partial charge on any atom is 0.186 e. The highest BCUT2D eigenvalue weighted by Gasteiger charge is 1.95. The van der Waals surface area contributed by atoms with Crippen molar-refractivity contribution in [2.75, 3.05) is 0 Å². The molecule has 0 spiro atoms. The van der Waals surface area contributed by atoms with Crippen LogP contribution in [0.2, 0.25) is 0 Å². The maximum absolute atomic E-state index is 5.19. The van der Waals surface area contributed by atoms with E-state index < -0.39 is 0 Å². The van der Waals surface area contributed by atoms with Crippen molar-refractivity contribution in [1.82, 2.24) is 4.98 Å². The molecule has 12 heavy (non-hydrogen) atoms. The van der Waals surface area contributed by atoms with Crippen LogP contribution in [0.4, 0.5) is 0 Å². The Labute approximate surface area is 71.3 Å². The molecule has 0 unspecified atom stereocenters. The first kappa shape index (κ1) is 8.52. The number of aliphatic imine (C=N–C) groups is 1. The van der Waals surface area contributed by atoms with Crippen molar-refractivity contribution in [3.05, 3.63) is 29.6 Å². The molecule has 4 nitrogen and oxygen atoms in total. The first-order valence-electron chi connectivity index (χ1n) is 3.66. The Hall–Kier alpha value is -1.58. The Morgan fingerprint density at radius 1 is 1.58 bits per heavy atom. The van der Waals surface area contributed by atoms with Crippen LogP contribution in [0.5, 0.6) is 0 Å². The SMILES string of the molecule is Cc1cccnc1CN=C(N)N. The Bertz CT molecular complexity index is 289. The molecule has 1 rings (SSSR count). The molecule has 0 saturated heterocycles. The molecule has 0 aliphatic rings. The molecular formula is C8H12N4. The topological polar surface area (TPSA) is 77.3 Å². The summed E-state index contributed by atoms with van der Waals surface area (Å²) in [5, 5.41) is 0. The molecular weight excluding hydrogens is 152 g/mol. The summed E-state index contributed by atoms with van der Waals surface area (Å²) in [4.78, 5) is 8.00. The Balaban J connectivity index is 2.76. The van der Waals surface area contributed by atoms with Crippen LogP contribution in [0.1, 0.15) is 11.3 Å². The predicted molar refractivity (Wildman–Crippen MR) is 48.5 cm³/mol. The average molecular weight is 164 g/mol. The zero-order valence-electron chi connectivity index (χ0n) is 6.99. The second kappa shape index (κ2) is 3.71. The summed E-state index contributed by atoms with van der Waals surface area (Å²) in [6.45, 7) is 2.43. The van der Waals surface area contributed by atoms with Crippen LogP contribution in [0, 0.1) is 6.92 Å². The van der Waals surface area contributed by atoms with Gasteiger partial charge in [0.15, 0.2) is 5.96 Å². The number of nitrogens with zero attached hydrogens (tertiary/aromatic N) is 2. The van der Waals surface area contributed by atoms with Crippen molar-refractivity contribution in [3.8, 4) is 0 Å². The van der Waals surface area contributed by atoms with Crippen LogP contribution in [0.15, 0.2) is 23.3 Å². The van der Waals surface area contributed by atoms with E-state index >= 15 is 0 Å². The first-order valence-corrected chi connectivity index (χ1v) is 3.66. The van der Waals surface area contributed by atoms with E-state index in [2.05, 4.69) is 9.98 Å². The molecule has 0 bridgehead atoms. The Kier molecular flexibility index (Phi) is 2.63. The fourth-order valence-corrected chi connectivity index (χ4v) is 0.850. The Morgan fingerprint density at radius 2 is 2.33 bits per heavy atom. The number of hydrogen-bond donors (Lipinski definition) is 2. The lowest BCUT2D eigenvalue weighted by atomic mass is 10.2. The van der Waals surface area contributed by atoms with Gasteiger partial charge in [-0.2, -0.15) is 0 Å². The summed E-state index contributed by atoms with van der Waals surface area (Å²) in [6, 6.07) is 3.86. The van der Waals surface area contributed by atoms with Crippen LogP contribution < -0.4 is 11.5 Å². The van der Waals surface area contributed by atoms with Crippen molar-refractivity contribution in [2.45, 2.75) is 13.5 Å². The standard InChI is InChI=1S/C8H12N4/c1-6-3-2-4-11-7(6)5-12-8(9)10/h2-4H,5H2,1H3,(H4,9,10,12). The van der Waals surface area contributed by atoms with Gasteiger partial charge in [0.05, 0.1) is 12.2 Å². The average Bonchev–Trinajstić information content (AvgIpc) is 2.03. The molecule has 0 atom stereocenters. The minimum absolute atomic E-state index is 0.0973. The molecule has 1 aromatic rings. The number of nitrogens with two attached hydrogens (primary N) is 2. The molecule has 1 aromatic heterocycles. The first-order chi connectivity index (χ1) is 5.70. The molecule has 4 heteroatoms. The highest BCUT2D eigenvalue weighted by Crippen LogP contribution is 2.03. The van der Waals surface area contributed by atoms with Gasteiger partial charge in [0.1, 0.15) is 0 Å². The highest BCUT2D eigenvalue weighted by atomic mass is 15.0. The number of rotatable bonds is 2. The number of aromatic nitrogens is 1. The summed E-state index contributed by atoms with van der Waals surface area (Å²) in [6.07, 6.45) is 1.73. The van der Waals surface area contributed by atoms with Crippen LogP contribution in [-0.2, 0) is 6.54 Å². The monoisotopic (exact) mass is 164 g/mol.